The van der Waals surface area contributed by atoms with Gasteiger partial charge in [0.15, 0.2) is 6.10 Å². The van der Waals surface area contributed by atoms with Crippen molar-refractivity contribution in [1.82, 2.24) is 0 Å². The second kappa shape index (κ2) is 10.3. The summed E-state index contributed by atoms with van der Waals surface area (Å²) in [4.78, 5) is 22.9. The Morgan fingerprint density at radius 1 is 1.21 bits per heavy atom. The van der Waals surface area contributed by atoms with Crippen LogP contribution in [0.4, 0.5) is 0 Å². The zero-order valence-corrected chi connectivity index (χ0v) is 13.7. The molecule has 5 nitrogen and oxygen atoms in total. The van der Waals surface area contributed by atoms with Crippen LogP contribution in [0.2, 0.25) is 0 Å². The van der Waals surface area contributed by atoms with Crippen LogP contribution >= 0.6 is 12.6 Å². The summed E-state index contributed by atoms with van der Waals surface area (Å²) in [5, 5.41) is 0. The molecule has 0 unspecified atom stereocenters. The number of rotatable bonds is 8. The Morgan fingerprint density at radius 3 is 2.21 bits per heavy atom. The number of carbonyl (C=O) groups excluding carboxylic acids is 2. The Bertz CT molecular complexity index is 261. The smallest absolute Gasteiger partial charge is 0.309 e. The Balaban J connectivity index is 0. The van der Waals surface area contributed by atoms with E-state index in [1.165, 1.54) is 0 Å². The molecule has 0 aliphatic rings. The van der Waals surface area contributed by atoms with E-state index < -0.39 is 6.10 Å². The van der Waals surface area contributed by atoms with Crippen LogP contribution in [0.25, 0.3) is 0 Å². The number of halogens is 1. The van der Waals surface area contributed by atoms with E-state index in [0.29, 0.717) is 23.4 Å². The second-order valence-corrected chi connectivity index (χ2v) is 5.51. The van der Waals surface area contributed by atoms with E-state index in [2.05, 4.69) is 12.6 Å². The molecule has 1 atom stereocenters. The summed E-state index contributed by atoms with van der Waals surface area (Å²) in [7, 11) is 5.93. The SMILES string of the molecule is CCOC(=O)C[C@H](C[N+](C)(C)C)OC(=O)CCS.[Cl-]. The summed E-state index contributed by atoms with van der Waals surface area (Å²) < 4.78 is 10.8. The average Bonchev–Trinajstić information content (AvgIpc) is 2.14. The van der Waals surface area contributed by atoms with Crippen molar-refractivity contribution in [1.29, 1.82) is 0 Å². The molecule has 19 heavy (non-hydrogen) atoms. The van der Waals surface area contributed by atoms with Gasteiger partial charge in [-0.2, -0.15) is 12.6 Å². The van der Waals surface area contributed by atoms with Crippen LogP contribution in [-0.4, -0.2) is 62.6 Å². The Kier molecular flexibility index (Phi) is 11.3. The highest BCUT2D eigenvalue weighted by Gasteiger charge is 2.25. The van der Waals surface area contributed by atoms with E-state index in [1.54, 1.807) is 6.92 Å². The van der Waals surface area contributed by atoms with E-state index >= 15 is 0 Å². The number of hydrogen-bond acceptors (Lipinski definition) is 5. The normalized spacial score (nSPS) is 12.3. The van der Waals surface area contributed by atoms with Crippen molar-refractivity contribution >= 4 is 24.6 Å². The molecule has 7 heteroatoms. The van der Waals surface area contributed by atoms with Crippen molar-refractivity contribution in [3.63, 3.8) is 0 Å². The fourth-order valence-electron chi connectivity index (χ4n) is 1.50. The zero-order valence-electron chi connectivity index (χ0n) is 12.0. The molecule has 0 aromatic heterocycles. The second-order valence-electron chi connectivity index (χ2n) is 5.07. The van der Waals surface area contributed by atoms with Gasteiger partial charge in [-0.1, -0.05) is 0 Å². The summed E-state index contributed by atoms with van der Waals surface area (Å²) in [6.07, 6.45) is -0.0993. The van der Waals surface area contributed by atoms with Gasteiger partial charge in [0.25, 0.3) is 0 Å². The van der Waals surface area contributed by atoms with E-state index in [-0.39, 0.29) is 37.2 Å². The molecular weight excluding hydrogens is 290 g/mol. The molecule has 0 N–H and O–H groups in total. The summed E-state index contributed by atoms with van der Waals surface area (Å²) in [5.41, 5.74) is 0. The van der Waals surface area contributed by atoms with Gasteiger partial charge in [-0.25, -0.2) is 0 Å². The van der Waals surface area contributed by atoms with E-state index in [9.17, 15) is 9.59 Å². The number of likely N-dealkylation sites (N-methyl/N-ethyl adjacent to an activating group) is 1. The van der Waals surface area contributed by atoms with Gasteiger partial charge >= 0.3 is 11.9 Å². The Labute approximate surface area is 127 Å². The van der Waals surface area contributed by atoms with Gasteiger partial charge in [-0.05, 0) is 6.92 Å². The first-order valence-electron chi connectivity index (χ1n) is 6.05. The van der Waals surface area contributed by atoms with Crippen molar-refractivity contribution in [2.45, 2.75) is 25.9 Å². The lowest BCUT2D eigenvalue weighted by Gasteiger charge is -2.28. The first kappa shape index (κ1) is 20.8. The maximum Gasteiger partial charge on any atom is 0.309 e. The van der Waals surface area contributed by atoms with E-state index in [1.807, 2.05) is 21.1 Å². The molecule has 0 heterocycles. The minimum atomic E-state index is -0.448. The molecule has 0 spiro atoms. The molecule has 0 amide bonds. The Hall–Kier alpha value is -0.460. The monoisotopic (exact) mass is 313 g/mol. The molecule has 0 aromatic carbocycles. The first-order valence-corrected chi connectivity index (χ1v) is 6.68. The minimum Gasteiger partial charge on any atom is -1.00 e. The summed E-state index contributed by atoms with van der Waals surface area (Å²) in [5.74, 6) is -0.225. The van der Waals surface area contributed by atoms with Gasteiger partial charge < -0.3 is 26.4 Å². The molecule has 0 saturated heterocycles. The summed E-state index contributed by atoms with van der Waals surface area (Å²) in [6, 6.07) is 0. The van der Waals surface area contributed by atoms with Crippen LogP contribution in [0.3, 0.4) is 0 Å². The number of thiol groups is 1. The van der Waals surface area contributed by atoms with Gasteiger partial charge in [-0.15, -0.1) is 0 Å². The molecule has 0 aliphatic carbocycles. The van der Waals surface area contributed by atoms with Gasteiger partial charge in [0.05, 0.1) is 40.6 Å². The molecular formula is C12H24ClNO4S. The largest absolute Gasteiger partial charge is 1.00 e. The minimum absolute atomic E-state index is 0. The summed E-state index contributed by atoms with van der Waals surface area (Å²) >= 11 is 3.98. The van der Waals surface area contributed by atoms with Crippen LogP contribution < -0.4 is 12.4 Å². The van der Waals surface area contributed by atoms with Gasteiger partial charge in [0, 0.05) is 5.75 Å². The third kappa shape index (κ3) is 12.3. The maximum absolute atomic E-state index is 11.4. The molecule has 114 valence electrons. The predicted molar refractivity (Wildman–Crippen MR) is 72.5 cm³/mol. The number of ether oxygens (including phenoxy) is 2. The third-order valence-corrected chi connectivity index (χ3v) is 2.29. The summed E-state index contributed by atoms with van der Waals surface area (Å²) in [6.45, 7) is 2.65. The lowest BCUT2D eigenvalue weighted by Crippen LogP contribution is -3.00. The van der Waals surface area contributed by atoms with Gasteiger partial charge in [-0.3, -0.25) is 9.59 Å². The number of esters is 2. The van der Waals surface area contributed by atoms with E-state index in [4.69, 9.17) is 9.47 Å². The topological polar surface area (TPSA) is 52.6 Å². The average molecular weight is 314 g/mol. The molecule has 0 bridgehead atoms. The van der Waals surface area contributed by atoms with Gasteiger partial charge in [0.1, 0.15) is 6.54 Å². The fourth-order valence-corrected chi connectivity index (χ4v) is 1.68. The van der Waals surface area contributed by atoms with Crippen LogP contribution in [0.5, 0.6) is 0 Å². The van der Waals surface area contributed by atoms with Crippen LogP contribution in [0.15, 0.2) is 0 Å². The van der Waals surface area contributed by atoms with Gasteiger partial charge in [0.2, 0.25) is 0 Å². The fraction of sp³-hybridized carbons (Fsp3) is 0.833. The third-order valence-electron chi connectivity index (χ3n) is 2.07. The number of nitrogens with zero attached hydrogens (tertiary/aromatic N) is 1. The predicted octanol–water partition coefficient (Wildman–Crippen LogP) is -2.12. The van der Waals surface area contributed by atoms with Crippen LogP contribution in [0.1, 0.15) is 19.8 Å². The number of hydrogen-bond donors (Lipinski definition) is 1. The molecule has 0 radical (unpaired) electrons. The highest BCUT2D eigenvalue weighted by molar-refractivity contribution is 7.80. The molecule has 0 aliphatic heterocycles. The van der Waals surface area contributed by atoms with Crippen molar-refractivity contribution in [3.8, 4) is 0 Å². The van der Waals surface area contributed by atoms with Crippen LogP contribution in [0, 0.1) is 0 Å². The highest BCUT2D eigenvalue weighted by Crippen LogP contribution is 2.08. The standard InChI is InChI=1S/C12H23NO4S.ClH/c1-5-16-12(15)8-10(9-13(2,3)4)17-11(14)6-7-18;/h10H,5-9H2,1-4H3;1H/t10-;/m1./s1. The first-order chi connectivity index (χ1) is 8.28. The number of quaternary nitrogens is 1. The molecule has 0 rings (SSSR count). The maximum atomic E-state index is 11.4. The Morgan fingerprint density at radius 2 is 1.79 bits per heavy atom. The molecule has 0 saturated carbocycles. The highest BCUT2D eigenvalue weighted by atomic mass is 35.5. The molecule has 0 fully saturated rings. The van der Waals surface area contributed by atoms with E-state index in [0.717, 1.165) is 0 Å². The quantitative estimate of drug-likeness (QED) is 0.316. The van der Waals surface area contributed by atoms with Crippen molar-refractivity contribution in [2.24, 2.45) is 0 Å². The van der Waals surface area contributed by atoms with Crippen molar-refractivity contribution in [2.75, 3.05) is 40.0 Å². The lowest BCUT2D eigenvalue weighted by atomic mass is 10.2. The zero-order chi connectivity index (χ0) is 14.2. The molecule has 0 aromatic rings. The lowest BCUT2D eigenvalue weighted by molar-refractivity contribution is -0.873. The number of carbonyl (C=O) groups is 2. The van der Waals surface area contributed by atoms with Crippen LogP contribution in [-0.2, 0) is 19.1 Å². The van der Waals surface area contributed by atoms with Crippen molar-refractivity contribution < 1.29 is 36.0 Å². The van der Waals surface area contributed by atoms with Crippen molar-refractivity contribution in [3.05, 3.63) is 0 Å².